The molecule has 1 aromatic heterocycles. The summed E-state index contributed by atoms with van der Waals surface area (Å²) in [6.07, 6.45) is 1.79. The summed E-state index contributed by atoms with van der Waals surface area (Å²) in [6, 6.07) is 9.47. The van der Waals surface area contributed by atoms with E-state index >= 15 is 0 Å². The molecular weight excluding hydrogens is 206 g/mol. The summed E-state index contributed by atoms with van der Waals surface area (Å²) >= 11 is 1.58. The Morgan fingerprint density at radius 3 is 2.60 bits per heavy atom. The van der Waals surface area contributed by atoms with Gasteiger partial charge in [-0.3, -0.25) is 0 Å². The summed E-state index contributed by atoms with van der Waals surface area (Å²) in [6.45, 7) is 0.522. The van der Waals surface area contributed by atoms with Crippen LogP contribution in [0.25, 0.3) is 10.6 Å². The van der Waals surface area contributed by atoms with E-state index in [4.69, 9.17) is 11.0 Å². The largest absolute Gasteiger partial charge is 0.326 e. The predicted octanol–water partition coefficient (Wildman–Crippen LogP) is 2.14. The second-order valence-electron chi connectivity index (χ2n) is 3.03. The van der Waals surface area contributed by atoms with Gasteiger partial charge < -0.3 is 5.73 Å². The van der Waals surface area contributed by atoms with Crippen LogP contribution in [0.3, 0.4) is 0 Å². The lowest BCUT2D eigenvalue weighted by molar-refractivity contribution is 1.10. The van der Waals surface area contributed by atoms with Crippen molar-refractivity contribution in [2.75, 3.05) is 0 Å². The number of aromatic nitrogens is 1. The van der Waals surface area contributed by atoms with Gasteiger partial charge in [-0.25, -0.2) is 4.98 Å². The van der Waals surface area contributed by atoms with E-state index < -0.39 is 0 Å². The Hall–Kier alpha value is -1.70. The van der Waals surface area contributed by atoms with Crippen LogP contribution in [0.4, 0.5) is 0 Å². The van der Waals surface area contributed by atoms with Crippen molar-refractivity contribution in [3.8, 4) is 16.6 Å². The van der Waals surface area contributed by atoms with Crippen LogP contribution in [0.2, 0.25) is 0 Å². The highest BCUT2D eigenvalue weighted by molar-refractivity contribution is 7.15. The van der Waals surface area contributed by atoms with E-state index in [1.165, 1.54) is 0 Å². The van der Waals surface area contributed by atoms with E-state index in [9.17, 15) is 0 Å². The molecule has 0 aliphatic rings. The minimum Gasteiger partial charge on any atom is -0.326 e. The van der Waals surface area contributed by atoms with Crippen LogP contribution in [0.1, 0.15) is 10.4 Å². The van der Waals surface area contributed by atoms with Crippen molar-refractivity contribution in [2.45, 2.75) is 6.54 Å². The molecule has 0 saturated heterocycles. The maximum Gasteiger partial charge on any atom is 0.123 e. The average Bonchev–Trinajstić information content (AvgIpc) is 2.78. The van der Waals surface area contributed by atoms with E-state index in [1.807, 2.05) is 12.1 Å². The van der Waals surface area contributed by atoms with Gasteiger partial charge in [0.15, 0.2) is 0 Å². The monoisotopic (exact) mass is 215 g/mol. The molecule has 15 heavy (non-hydrogen) atoms. The molecule has 2 N–H and O–H groups in total. The third-order valence-electron chi connectivity index (χ3n) is 2.02. The Bertz CT molecular complexity index is 493. The normalized spacial score (nSPS) is 9.87. The lowest BCUT2D eigenvalue weighted by atomic mass is 10.1. The van der Waals surface area contributed by atoms with Crippen molar-refractivity contribution in [2.24, 2.45) is 5.73 Å². The molecule has 0 bridgehead atoms. The van der Waals surface area contributed by atoms with Crippen LogP contribution in [-0.4, -0.2) is 4.98 Å². The lowest BCUT2D eigenvalue weighted by Gasteiger charge is -1.94. The van der Waals surface area contributed by atoms with Gasteiger partial charge in [0.05, 0.1) is 11.6 Å². The molecule has 2 rings (SSSR count). The minimum absolute atomic E-state index is 0.522. The fourth-order valence-corrected chi connectivity index (χ4v) is 2.02. The van der Waals surface area contributed by atoms with Gasteiger partial charge in [-0.1, -0.05) is 12.1 Å². The van der Waals surface area contributed by atoms with Crippen molar-refractivity contribution in [1.82, 2.24) is 4.98 Å². The highest BCUT2D eigenvalue weighted by atomic mass is 32.1. The fourth-order valence-electron chi connectivity index (χ4n) is 1.22. The van der Waals surface area contributed by atoms with Crippen LogP contribution < -0.4 is 5.73 Å². The molecule has 0 fully saturated rings. The molecule has 0 spiro atoms. The molecule has 4 heteroatoms. The Kier molecular flexibility index (Phi) is 2.77. The van der Waals surface area contributed by atoms with Crippen LogP contribution in [0.5, 0.6) is 0 Å². The Labute approximate surface area is 91.8 Å². The first-order chi connectivity index (χ1) is 7.33. The fraction of sp³-hybridized carbons (Fsp3) is 0.0909. The zero-order valence-electron chi connectivity index (χ0n) is 7.97. The molecule has 0 aliphatic heterocycles. The third kappa shape index (κ3) is 2.04. The van der Waals surface area contributed by atoms with Crippen LogP contribution in [-0.2, 0) is 6.54 Å². The first-order valence-electron chi connectivity index (χ1n) is 4.49. The standard InChI is InChI=1S/C11H9N3S/c12-5-8-1-3-9(4-2-8)11-14-7-10(6-13)15-11/h1-4,7H,6,13H2. The maximum atomic E-state index is 8.66. The number of nitrogens with two attached hydrogens (primary N) is 1. The minimum atomic E-state index is 0.522. The first kappa shape index (κ1) is 9.84. The highest BCUT2D eigenvalue weighted by Gasteiger charge is 2.03. The van der Waals surface area contributed by atoms with Crippen molar-refractivity contribution in [3.63, 3.8) is 0 Å². The average molecular weight is 215 g/mol. The first-order valence-corrected chi connectivity index (χ1v) is 5.30. The topological polar surface area (TPSA) is 62.7 Å². The molecule has 0 saturated carbocycles. The summed E-state index contributed by atoms with van der Waals surface area (Å²) in [5.74, 6) is 0. The number of thiazole rings is 1. The van der Waals surface area contributed by atoms with Crippen LogP contribution >= 0.6 is 11.3 Å². The summed E-state index contributed by atoms with van der Waals surface area (Å²) in [5, 5.41) is 9.61. The van der Waals surface area contributed by atoms with Crippen LogP contribution in [0, 0.1) is 11.3 Å². The summed E-state index contributed by atoms with van der Waals surface area (Å²) in [4.78, 5) is 5.33. The molecular formula is C11H9N3S. The molecule has 0 amide bonds. The van der Waals surface area contributed by atoms with E-state index in [1.54, 1.807) is 29.7 Å². The van der Waals surface area contributed by atoms with Crippen LogP contribution in [0.15, 0.2) is 30.5 Å². The Morgan fingerprint density at radius 2 is 2.07 bits per heavy atom. The maximum absolute atomic E-state index is 8.66. The molecule has 3 nitrogen and oxygen atoms in total. The van der Waals surface area contributed by atoms with Crippen molar-refractivity contribution in [3.05, 3.63) is 40.9 Å². The Balaban J connectivity index is 2.33. The van der Waals surface area contributed by atoms with Crippen molar-refractivity contribution < 1.29 is 0 Å². The zero-order chi connectivity index (χ0) is 10.7. The third-order valence-corrected chi connectivity index (χ3v) is 3.08. The number of hydrogen-bond acceptors (Lipinski definition) is 4. The van der Waals surface area contributed by atoms with E-state index in [0.717, 1.165) is 15.4 Å². The second-order valence-corrected chi connectivity index (χ2v) is 4.14. The summed E-state index contributed by atoms with van der Waals surface area (Å²) < 4.78 is 0. The molecule has 2 aromatic rings. The van der Waals surface area contributed by atoms with Crippen molar-refractivity contribution >= 4 is 11.3 Å². The number of nitriles is 1. The number of hydrogen-bond donors (Lipinski definition) is 1. The summed E-state index contributed by atoms with van der Waals surface area (Å²) in [5.41, 5.74) is 7.20. The SMILES string of the molecule is N#Cc1ccc(-c2ncc(CN)s2)cc1. The van der Waals surface area contributed by atoms with E-state index in [-0.39, 0.29) is 0 Å². The van der Waals surface area contributed by atoms with Crippen molar-refractivity contribution in [1.29, 1.82) is 5.26 Å². The van der Waals surface area contributed by atoms with Gasteiger partial charge in [0, 0.05) is 23.2 Å². The molecule has 1 heterocycles. The number of nitrogens with zero attached hydrogens (tertiary/aromatic N) is 2. The van der Waals surface area contributed by atoms with Gasteiger partial charge >= 0.3 is 0 Å². The summed E-state index contributed by atoms with van der Waals surface area (Å²) in [7, 11) is 0. The van der Waals surface area contributed by atoms with Gasteiger partial charge in [0.2, 0.25) is 0 Å². The van der Waals surface area contributed by atoms with Gasteiger partial charge in [0.1, 0.15) is 5.01 Å². The molecule has 0 aliphatic carbocycles. The van der Waals surface area contributed by atoms with Gasteiger partial charge in [0.25, 0.3) is 0 Å². The quantitative estimate of drug-likeness (QED) is 0.834. The van der Waals surface area contributed by atoms with Gasteiger partial charge in [-0.05, 0) is 12.1 Å². The van der Waals surface area contributed by atoms with Gasteiger partial charge in [-0.15, -0.1) is 11.3 Å². The molecule has 0 radical (unpaired) electrons. The molecule has 0 unspecified atom stereocenters. The van der Waals surface area contributed by atoms with Gasteiger partial charge in [-0.2, -0.15) is 5.26 Å². The molecule has 0 atom stereocenters. The smallest absolute Gasteiger partial charge is 0.123 e. The molecule has 74 valence electrons. The molecule has 1 aromatic carbocycles. The second kappa shape index (κ2) is 4.22. The number of benzene rings is 1. The van der Waals surface area contributed by atoms with E-state index in [2.05, 4.69) is 11.1 Å². The Morgan fingerprint density at radius 1 is 1.33 bits per heavy atom. The lowest BCUT2D eigenvalue weighted by Crippen LogP contribution is -1.91. The predicted molar refractivity (Wildman–Crippen MR) is 60.2 cm³/mol. The zero-order valence-corrected chi connectivity index (χ0v) is 8.79. The van der Waals surface area contributed by atoms with E-state index in [0.29, 0.717) is 12.1 Å². The number of rotatable bonds is 2. The highest BCUT2D eigenvalue weighted by Crippen LogP contribution is 2.24.